The third-order valence-electron chi connectivity index (χ3n) is 2.63. The predicted octanol–water partition coefficient (Wildman–Crippen LogP) is 1.94. The van der Waals surface area contributed by atoms with Gasteiger partial charge in [0.1, 0.15) is 4.90 Å². The minimum absolute atomic E-state index is 0.0577. The van der Waals surface area contributed by atoms with E-state index in [1.807, 2.05) is 6.92 Å². The highest BCUT2D eigenvalue weighted by molar-refractivity contribution is 7.89. The lowest BCUT2D eigenvalue weighted by Gasteiger charge is -2.08. The van der Waals surface area contributed by atoms with Crippen LogP contribution in [0, 0.1) is 6.92 Å². The molecular weight excluding hydrogens is 314 g/mol. The highest BCUT2D eigenvalue weighted by atomic mass is 35.5. The van der Waals surface area contributed by atoms with Crippen LogP contribution in [0.25, 0.3) is 0 Å². The Labute approximate surface area is 127 Å². The molecule has 0 aliphatic carbocycles. The van der Waals surface area contributed by atoms with Gasteiger partial charge in [0.25, 0.3) is 5.91 Å². The van der Waals surface area contributed by atoms with Crippen LogP contribution in [0.3, 0.4) is 0 Å². The first-order valence-electron chi connectivity index (χ1n) is 5.83. The Morgan fingerprint density at radius 2 is 2.00 bits per heavy atom. The number of halogens is 1. The molecular formula is C13H12ClN3O3S. The SMILES string of the molecule is Cc1cncc(C(=O)Nc2ccc(S(N)(=O)=O)c(Cl)c2)c1. The van der Waals surface area contributed by atoms with Crippen molar-refractivity contribution in [3.8, 4) is 0 Å². The number of pyridine rings is 1. The molecule has 0 spiro atoms. The van der Waals surface area contributed by atoms with E-state index in [2.05, 4.69) is 10.3 Å². The number of hydrogen-bond donors (Lipinski definition) is 2. The minimum atomic E-state index is -3.89. The van der Waals surface area contributed by atoms with Gasteiger partial charge < -0.3 is 5.32 Å². The van der Waals surface area contributed by atoms with Crippen molar-refractivity contribution in [2.75, 3.05) is 5.32 Å². The molecule has 0 saturated carbocycles. The van der Waals surface area contributed by atoms with Gasteiger partial charge in [-0.05, 0) is 36.8 Å². The topological polar surface area (TPSA) is 102 Å². The monoisotopic (exact) mass is 325 g/mol. The van der Waals surface area contributed by atoms with Crippen molar-refractivity contribution in [3.63, 3.8) is 0 Å². The van der Waals surface area contributed by atoms with Gasteiger partial charge in [-0.15, -0.1) is 0 Å². The van der Waals surface area contributed by atoms with Crippen LogP contribution in [0.2, 0.25) is 5.02 Å². The van der Waals surface area contributed by atoms with Crippen LogP contribution in [0.1, 0.15) is 15.9 Å². The average molecular weight is 326 g/mol. The molecule has 21 heavy (non-hydrogen) atoms. The van der Waals surface area contributed by atoms with Crippen molar-refractivity contribution in [1.82, 2.24) is 4.98 Å². The Balaban J connectivity index is 2.25. The number of nitrogens with two attached hydrogens (primary N) is 1. The van der Waals surface area contributed by atoms with E-state index in [0.717, 1.165) is 5.56 Å². The maximum absolute atomic E-state index is 12.0. The molecule has 110 valence electrons. The first-order valence-corrected chi connectivity index (χ1v) is 7.75. The van der Waals surface area contributed by atoms with Crippen molar-refractivity contribution in [3.05, 3.63) is 52.8 Å². The first kappa shape index (κ1) is 15.4. The van der Waals surface area contributed by atoms with Crippen molar-refractivity contribution < 1.29 is 13.2 Å². The summed E-state index contributed by atoms with van der Waals surface area (Å²) in [4.78, 5) is 15.8. The first-order chi connectivity index (χ1) is 9.77. The fourth-order valence-corrected chi connectivity index (χ4v) is 2.78. The molecule has 8 heteroatoms. The van der Waals surface area contributed by atoms with Gasteiger partial charge in [-0.3, -0.25) is 9.78 Å². The van der Waals surface area contributed by atoms with Gasteiger partial charge >= 0.3 is 0 Å². The lowest BCUT2D eigenvalue weighted by molar-refractivity contribution is 0.102. The summed E-state index contributed by atoms with van der Waals surface area (Å²) in [7, 11) is -3.89. The van der Waals surface area contributed by atoms with Crippen LogP contribution >= 0.6 is 11.6 Å². The quantitative estimate of drug-likeness (QED) is 0.900. The molecule has 0 radical (unpaired) electrons. The van der Waals surface area contributed by atoms with Crippen LogP contribution < -0.4 is 10.5 Å². The maximum Gasteiger partial charge on any atom is 0.257 e. The lowest BCUT2D eigenvalue weighted by Crippen LogP contribution is -2.14. The van der Waals surface area contributed by atoms with E-state index in [9.17, 15) is 13.2 Å². The summed E-state index contributed by atoms with van der Waals surface area (Å²) < 4.78 is 22.5. The van der Waals surface area contributed by atoms with Crippen molar-refractivity contribution in [1.29, 1.82) is 0 Å². The molecule has 1 aromatic heterocycles. The highest BCUT2D eigenvalue weighted by Gasteiger charge is 2.14. The summed E-state index contributed by atoms with van der Waals surface area (Å²) in [6, 6.07) is 5.65. The van der Waals surface area contributed by atoms with E-state index in [-0.39, 0.29) is 15.8 Å². The number of aryl methyl sites for hydroxylation is 1. The summed E-state index contributed by atoms with van der Waals surface area (Å²) in [5.74, 6) is -0.370. The number of sulfonamides is 1. The molecule has 0 bridgehead atoms. The molecule has 3 N–H and O–H groups in total. The lowest BCUT2D eigenvalue weighted by atomic mass is 10.2. The van der Waals surface area contributed by atoms with Gasteiger partial charge in [-0.25, -0.2) is 13.6 Å². The van der Waals surface area contributed by atoms with Gasteiger partial charge in [0.2, 0.25) is 10.0 Å². The number of nitrogens with zero attached hydrogens (tertiary/aromatic N) is 1. The number of carbonyl (C=O) groups excluding carboxylic acids is 1. The van der Waals surface area contributed by atoms with Crippen LogP contribution in [0.5, 0.6) is 0 Å². The molecule has 1 aromatic carbocycles. The number of nitrogens with one attached hydrogen (secondary N) is 1. The Kier molecular flexibility index (Phi) is 4.26. The Morgan fingerprint density at radius 3 is 2.57 bits per heavy atom. The molecule has 0 unspecified atom stereocenters. The van der Waals surface area contributed by atoms with E-state index in [1.165, 1.54) is 24.4 Å². The number of benzene rings is 1. The highest BCUT2D eigenvalue weighted by Crippen LogP contribution is 2.24. The van der Waals surface area contributed by atoms with Gasteiger partial charge in [-0.2, -0.15) is 0 Å². The maximum atomic E-state index is 12.0. The molecule has 0 saturated heterocycles. The molecule has 2 rings (SSSR count). The Hall–Kier alpha value is -1.96. The van der Waals surface area contributed by atoms with Crippen LogP contribution in [0.15, 0.2) is 41.6 Å². The van der Waals surface area contributed by atoms with Gasteiger partial charge in [0, 0.05) is 18.1 Å². The number of rotatable bonds is 3. The number of amides is 1. The Bertz CT molecular complexity index is 806. The zero-order valence-corrected chi connectivity index (χ0v) is 12.6. The van der Waals surface area contributed by atoms with Gasteiger partial charge in [0.05, 0.1) is 10.6 Å². The zero-order chi connectivity index (χ0) is 15.6. The predicted molar refractivity (Wildman–Crippen MR) is 79.8 cm³/mol. The van der Waals surface area contributed by atoms with E-state index in [0.29, 0.717) is 11.3 Å². The second-order valence-corrected chi connectivity index (χ2v) is 6.33. The fourth-order valence-electron chi connectivity index (χ4n) is 1.69. The summed E-state index contributed by atoms with van der Waals surface area (Å²) in [6.07, 6.45) is 3.07. The standard InChI is InChI=1S/C13H12ClN3O3S/c1-8-4-9(7-16-6-8)13(18)17-10-2-3-12(11(14)5-10)21(15,19)20/h2-7H,1H3,(H,17,18)(H2,15,19,20). The summed E-state index contributed by atoms with van der Waals surface area (Å²) in [5, 5.41) is 7.56. The molecule has 2 aromatic rings. The third kappa shape index (κ3) is 3.78. The molecule has 1 amide bonds. The second kappa shape index (κ2) is 5.80. The van der Waals surface area contributed by atoms with Gasteiger partial charge in [0.15, 0.2) is 0 Å². The van der Waals surface area contributed by atoms with Crippen LogP contribution in [-0.2, 0) is 10.0 Å². The fraction of sp³-hybridized carbons (Fsp3) is 0.0769. The van der Waals surface area contributed by atoms with E-state index in [4.69, 9.17) is 16.7 Å². The molecule has 0 aliphatic rings. The number of primary sulfonamides is 1. The molecule has 6 nitrogen and oxygen atoms in total. The molecule has 1 heterocycles. The van der Waals surface area contributed by atoms with Crippen LogP contribution in [-0.4, -0.2) is 19.3 Å². The number of hydrogen-bond acceptors (Lipinski definition) is 4. The van der Waals surface area contributed by atoms with E-state index < -0.39 is 10.0 Å². The third-order valence-corrected chi connectivity index (χ3v) is 4.03. The van der Waals surface area contributed by atoms with Crippen molar-refractivity contribution in [2.24, 2.45) is 5.14 Å². The van der Waals surface area contributed by atoms with E-state index >= 15 is 0 Å². The molecule has 0 atom stereocenters. The Morgan fingerprint density at radius 1 is 1.29 bits per heavy atom. The normalized spacial score (nSPS) is 11.2. The summed E-state index contributed by atoms with van der Waals surface area (Å²) >= 11 is 5.85. The van der Waals surface area contributed by atoms with Crippen LogP contribution in [0.4, 0.5) is 5.69 Å². The van der Waals surface area contributed by atoms with Gasteiger partial charge in [-0.1, -0.05) is 11.6 Å². The molecule has 0 aliphatic heterocycles. The number of carbonyl (C=O) groups is 1. The smallest absolute Gasteiger partial charge is 0.257 e. The largest absolute Gasteiger partial charge is 0.322 e. The van der Waals surface area contributed by atoms with Crippen molar-refractivity contribution in [2.45, 2.75) is 11.8 Å². The molecule has 0 fully saturated rings. The minimum Gasteiger partial charge on any atom is -0.322 e. The summed E-state index contributed by atoms with van der Waals surface area (Å²) in [6.45, 7) is 1.82. The second-order valence-electron chi connectivity index (χ2n) is 4.40. The van der Waals surface area contributed by atoms with E-state index in [1.54, 1.807) is 12.3 Å². The average Bonchev–Trinajstić information content (AvgIpc) is 2.37. The zero-order valence-electron chi connectivity index (χ0n) is 11.0. The number of aromatic nitrogens is 1. The van der Waals surface area contributed by atoms with Crippen molar-refractivity contribution >= 4 is 33.2 Å². The summed E-state index contributed by atoms with van der Waals surface area (Å²) in [5.41, 5.74) is 1.60. The number of anilines is 1.